The van der Waals surface area contributed by atoms with E-state index < -0.39 is 0 Å². The topological polar surface area (TPSA) is 50.3 Å². The Labute approximate surface area is 116 Å². The number of hydrogen-bond donors (Lipinski definition) is 0. The maximum absolute atomic E-state index is 12.3. The molecule has 4 nitrogen and oxygen atoms in total. The number of carbonyl (C=O) groups excluding carboxylic acids is 2. The van der Waals surface area contributed by atoms with Crippen LogP contribution in [0, 0.1) is 17.8 Å². The van der Waals surface area contributed by atoms with Gasteiger partial charge in [-0.25, -0.2) is 4.98 Å². The van der Waals surface area contributed by atoms with Crippen molar-refractivity contribution in [3.8, 4) is 0 Å². The Morgan fingerprint density at radius 3 is 2.42 bits per heavy atom. The molecule has 0 bridgehead atoms. The van der Waals surface area contributed by atoms with E-state index in [0.29, 0.717) is 17.6 Å². The van der Waals surface area contributed by atoms with Crippen molar-refractivity contribution in [1.29, 1.82) is 0 Å². The van der Waals surface area contributed by atoms with Crippen molar-refractivity contribution in [2.45, 2.75) is 26.3 Å². The summed E-state index contributed by atoms with van der Waals surface area (Å²) in [7, 11) is 0. The normalized spacial score (nSPS) is 30.0. The number of amides is 2. The molecule has 100 valence electrons. The highest BCUT2D eigenvalue weighted by molar-refractivity contribution is 6.29. The Kier molecular flexibility index (Phi) is 3.05. The first-order valence-corrected chi connectivity index (χ1v) is 6.89. The van der Waals surface area contributed by atoms with Crippen molar-refractivity contribution in [2.75, 3.05) is 0 Å². The minimum atomic E-state index is -0.0947. The average Bonchev–Trinajstić information content (AvgIpc) is 2.86. The van der Waals surface area contributed by atoms with Crippen LogP contribution in [0.4, 0.5) is 0 Å². The fourth-order valence-electron chi connectivity index (χ4n) is 3.18. The highest BCUT2D eigenvalue weighted by Gasteiger charge is 2.51. The van der Waals surface area contributed by atoms with E-state index in [0.717, 1.165) is 18.4 Å². The maximum Gasteiger partial charge on any atom is 0.233 e. The van der Waals surface area contributed by atoms with Crippen LogP contribution in [0.2, 0.25) is 5.15 Å². The van der Waals surface area contributed by atoms with Crippen molar-refractivity contribution < 1.29 is 9.59 Å². The molecule has 2 aliphatic rings. The molecule has 1 aromatic heterocycles. The Morgan fingerprint density at radius 1 is 1.26 bits per heavy atom. The van der Waals surface area contributed by atoms with Gasteiger partial charge >= 0.3 is 0 Å². The molecule has 2 amide bonds. The molecular weight excluding hydrogens is 264 g/mol. The third kappa shape index (κ3) is 2.14. The molecule has 1 aliphatic carbocycles. The zero-order chi connectivity index (χ0) is 13.6. The van der Waals surface area contributed by atoms with Crippen LogP contribution in [0.25, 0.3) is 0 Å². The van der Waals surface area contributed by atoms with Gasteiger partial charge in [0.1, 0.15) is 5.15 Å². The van der Waals surface area contributed by atoms with Gasteiger partial charge < -0.3 is 0 Å². The second kappa shape index (κ2) is 4.60. The summed E-state index contributed by atoms with van der Waals surface area (Å²) in [6, 6.07) is 3.47. The number of halogens is 1. The number of likely N-dealkylation sites (tertiary alicyclic amines) is 1. The lowest BCUT2D eigenvalue weighted by molar-refractivity contribution is -0.141. The molecule has 19 heavy (non-hydrogen) atoms. The SMILES string of the molecule is CC1CC2C(=O)N(Cc3ccc(Cl)nc3)C(=O)C2C1. The molecule has 1 aromatic rings. The van der Waals surface area contributed by atoms with Gasteiger partial charge in [-0.15, -0.1) is 0 Å². The molecule has 0 spiro atoms. The summed E-state index contributed by atoms with van der Waals surface area (Å²) in [5.41, 5.74) is 0.833. The lowest BCUT2D eigenvalue weighted by atomic mass is 10.00. The lowest BCUT2D eigenvalue weighted by Gasteiger charge is -2.16. The summed E-state index contributed by atoms with van der Waals surface area (Å²) in [6.45, 7) is 2.41. The van der Waals surface area contributed by atoms with Crippen LogP contribution in [0.3, 0.4) is 0 Å². The van der Waals surface area contributed by atoms with E-state index in [9.17, 15) is 9.59 Å². The van der Waals surface area contributed by atoms with E-state index >= 15 is 0 Å². The number of hydrogen-bond acceptors (Lipinski definition) is 3. The van der Waals surface area contributed by atoms with E-state index in [1.54, 1.807) is 18.3 Å². The zero-order valence-electron chi connectivity index (χ0n) is 10.7. The number of carbonyl (C=O) groups is 2. The zero-order valence-corrected chi connectivity index (χ0v) is 11.4. The minimum absolute atomic E-state index is 0.0192. The van der Waals surface area contributed by atoms with Crippen LogP contribution < -0.4 is 0 Å². The summed E-state index contributed by atoms with van der Waals surface area (Å²) in [5.74, 6) is 0.247. The maximum atomic E-state index is 12.3. The fraction of sp³-hybridized carbons (Fsp3) is 0.500. The molecule has 1 saturated carbocycles. The fourth-order valence-corrected chi connectivity index (χ4v) is 3.30. The Bertz CT molecular complexity index is 505. The molecule has 0 N–H and O–H groups in total. The molecule has 0 radical (unpaired) electrons. The standard InChI is InChI=1S/C14H15ClN2O2/c1-8-4-10-11(5-8)14(19)17(13(10)18)7-9-2-3-12(15)16-6-9/h2-3,6,8,10-11H,4-5,7H2,1H3. The highest BCUT2D eigenvalue weighted by Crippen LogP contribution is 2.43. The van der Waals surface area contributed by atoms with Gasteiger partial charge in [0.25, 0.3) is 0 Å². The quantitative estimate of drug-likeness (QED) is 0.616. The van der Waals surface area contributed by atoms with E-state index in [1.807, 2.05) is 0 Å². The lowest BCUT2D eigenvalue weighted by Crippen LogP contribution is -2.31. The van der Waals surface area contributed by atoms with Gasteiger partial charge in [0.2, 0.25) is 11.8 Å². The van der Waals surface area contributed by atoms with E-state index in [-0.39, 0.29) is 23.7 Å². The second-order valence-corrected chi connectivity index (χ2v) is 5.93. The van der Waals surface area contributed by atoms with Gasteiger partial charge in [0.05, 0.1) is 18.4 Å². The summed E-state index contributed by atoms with van der Waals surface area (Å²) in [6.07, 6.45) is 3.29. The molecule has 0 aromatic carbocycles. The third-order valence-corrected chi connectivity index (χ3v) is 4.32. The number of fused-ring (bicyclic) bond motifs is 1. The Hall–Kier alpha value is -1.42. The second-order valence-electron chi connectivity index (χ2n) is 5.54. The molecule has 1 aliphatic heterocycles. The number of pyridine rings is 1. The smallest absolute Gasteiger partial charge is 0.233 e. The van der Waals surface area contributed by atoms with Crippen molar-refractivity contribution in [3.63, 3.8) is 0 Å². The first-order chi connectivity index (χ1) is 9.06. The Balaban J connectivity index is 1.78. The first kappa shape index (κ1) is 12.6. The van der Waals surface area contributed by atoms with Crippen molar-refractivity contribution in [2.24, 2.45) is 17.8 Å². The van der Waals surface area contributed by atoms with Crippen LogP contribution in [0.5, 0.6) is 0 Å². The van der Waals surface area contributed by atoms with Crippen molar-refractivity contribution in [3.05, 3.63) is 29.0 Å². The van der Waals surface area contributed by atoms with Gasteiger partial charge in [-0.1, -0.05) is 24.6 Å². The molecule has 2 heterocycles. The summed E-state index contributed by atoms with van der Waals surface area (Å²) in [4.78, 5) is 29.9. The molecule has 3 rings (SSSR count). The van der Waals surface area contributed by atoms with Gasteiger partial charge in [-0.3, -0.25) is 14.5 Å². The van der Waals surface area contributed by atoms with Gasteiger partial charge in [0, 0.05) is 6.20 Å². The number of rotatable bonds is 2. The molecule has 2 unspecified atom stereocenters. The largest absolute Gasteiger partial charge is 0.278 e. The molecule has 1 saturated heterocycles. The van der Waals surface area contributed by atoms with Crippen molar-refractivity contribution in [1.82, 2.24) is 9.88 Å². The van der Waals surface area contributed by atoms with Crippen LogP contribution in [-0.4, -0.2) is 21.7 Å². The van der Waals surface area contributed by atoms with E-state index in [4.69, 9.17) is 11.6 Å². The van der Waals surface area contributed by atoms with Gasteiger partial charge in [0.15, 0.2) is 0 Å². The van der Waals surface area contributed by atoms with Crippen LogP contribution in [0.15, 0.2) is 18.3 Å². The van der Waals surface area contributed by atoms with E-state index in [2.05, 4.69) is 11.9 Å². The Morgan fingerprint density at radius 2 is 1.89 bits per heavy atom. The van der Waals surface area contributed by atoms with Crippen LogP contribution in [0.1, 0.15) is 25.3 Å². The van der Waals surface area contributed by atoms with Crippen molar-refractivity contribution >= 4 is 23.4 Å². The predicted octanol–water partition coefficient (Wildman–Crippen LogP) is 2.27. The van der Waals surface area contributed by atoms with Gasteiger partial charge in [-0.05, 0) is 30.4 Å². The third-order valence-electron chi connectivity index (χ3n) is 4.09. The molecule has 2 fully saturated rings. The summed E-state index contributed by atoms with van der Waals surface area (Å²) < 4.78 is 0. The minimum Gasteiger partial charge on any atom is -0.278 e. The number of imide groups is 1. The molecular formula is C14H15ClN2O2. The van der Waals surface area contributed by atoms with Gasteiger partial charge in [-0.2, -0.15) is 0 Å². The number of aromatic nitrogens is 1. The molecule has 2 atom stereocenters. The average molecular weight is 279 g/mol. The first-order valence-electron chi connectivity index (χ1n) is 6.52. The highest BCUT2D eigenvalue weighted by atomic mass is 35.5. The summed E-state index contributed by atoms with van der Waals surface area (Å²) in [5, 5.41) is 0.411. The number of nitrogens with zero attached hydrogens (tertiary/aromatic N) is 2. The predicted molar refractivity (Wildman–Crippen MR) is 70.2 cm³/mol. The van der Waals surface area contributed by atoms with E-state index in [1.165, 1.54) is 4.90 Å². The summed E-state index contributed by atoms with van der Waals surface area (Å²) >= 11 is 5.72. The van der Waals surface area contributed by atoms with Crippen LogP contribution >= 0.6 is 11.6 Å². The van der Waals surface area contributed by atoms with Crippen LogP contribution in [-0.2, 0) is 16.1 Å². The monoisotopic (exact) mass is 278 g/mol. The molecule has 5 heteroatoms.